The lowest BCUT2D eigenvalue weighted by Gasteiger charge is -2.13. The van der Waals surface area contributed by atoms with Gasteiger partial charge in [-0.05, 0) is 71.8 Å². The quantitative estimate of drug-likeness (QED) is 0.180. The van der Waals surface area contributed by atoms with Gasteiger partial charge in [0, 0.05) is 49.4 Å². The predicted molar refractivity (Wildman–Crippen MR) is 215 cm³/mol. The summed E-state index contributed by atoms with van der Waals surface area (Å²) in [5.41, 5.74) is 13.2. The second-order valence-electron chi connectivity index (χ2n) is 13.4. The number of nitrogens with zero attached hydrogens (tertiary/aromatic N) is 3. The molecule has 0 aliphatic heterocycles. The smallest absolute Gasteiger partial charge is 0.0788 e. The first-order chi connectivity index (χ1) is 25.3. The predicted octanol–water partition coefficient (Wildman–Crippen LogP) is 12.6. The van der Waals surface area contributed by atoms with Crippen molar-refractivity contribution in [1.82, 2.24) is 13.7 Å². The van der Waals surface area contributed by atoms with E-state index in [0.29, 0.717) is 0 Å². The highest BCUT2D eigenvalue weighted by Gasteiger charge is 2.21. The summed E-state index contributed by atoms with van der Waals surface area (Å²) >= 11 is 0. The van der Waals surface area contributed by atoms with Crippen molar-refractivity contribution >= 4 is 65.4 Å². The van der Waals surface area contributed by atoms with E-state index in [0.717, 1.165) is 17.1 Å². The third kappa shape index (κ3) is 4.06. The average molecular weight is 650 g/mol. The maximum Gasteiger partial charge on any atom is 0.0788 e. The summed E-state index contributed by atoms with van der Waals surface area (Å²) in [5, 5.41) is 7.58. The highest BCUT2D eigenvalue weighted by molar-refractivity contribution is 6.23. The topological polar surface area (TPSA) is 14.8 Å². The highest BCUT2D eigenvalue weighted by atomic mass is 15.0. The molecule has 3 aromatic heterocycles. The molecule has 11 aromatic rings. The van der Waals surface area contributed by atoms with E-state index in [-0.39, 0.29) is 0 Å². The van der Waals surface area contributed by atoms with Crippen molar-refractivity contribution in [2.75, 3.05) is 0 Å². The molecule has 8 aromatic carbocycles. The van der Waals surface area contributed by atoms with Crippen LogP contribution in [0.1, 0.15) is 0 Å². The molecule has 0 atom stereocenters. The molecular weight excluding hydrogens is 619 g/mol. The van der Waals surface area contributed by atoms with Gasteiger partial charge in [0.1, 0.15) is 0 Å². The van der Waals surface area contributed by atoms with Gasteiger partial charge >= 0.3 is 0 Å². The van der Waals surface area contributed by atoms with Crippen molar-refractivity contribution in [3.05, 3.63) is 188 Å². The summed E-state index contributed by atoms with van der Waals surface area (Å²) < 4.78 is 7.27. The third-order valence-electron chi connectivity index (χ3n) is 10.6. The number of aromatic nitrogens is 3. The Morgan fingerprint density at radius 2 is 0.529 bits per heavy atom. The van der Waals surface area contributed by atoms with Crippen molar-refractivity contribution in [1.29, 1.82) is 0 Å². The minimum absolute atomic E-state index is 1.14. The van der Waals surface area contributed by atoms with Crippen LogP contribution in [0, 0.1) is 0 Å². The van der Waals surface area contributed by atoms with Crippen molar-refractivity contribution in [2.24, 2.45) is 0 Å². The zero-order valence-electron chi connectivity index (χ0n) is 27.7. The lowest BCUT2D eigenvalue weighted by molar-refractivity contribution is 1.15. The van der Waals surface area contributed by atoms with Crippen molar-refractivity contribution < 1.29 is 0 Å². The van der Waals surface area contributed by atoms with Crippen LogP contribution in [0.4, 0.5) is 0 Å². The molecule has 0 radical (unpaired) electrons. The molecule has 0 spiro atoms. The first-order valence-electron chi connectivity index (χ1n) is 17.5. The van der Waals surface area contributed by atoms with Gasteiger partial charge in [-0.2, -0.15) is 0 Å². The molecule has 51 heavy (non-hydrogen) atoms. The van der Waals surface area contributed by atoms with Crippen LogP contribution in [-0.4, -0.2) is 13.7 Å². The zero-order valence-corrected chi connectivity index (χ0v) is 27.7. The average Bonchev–Trinajstić information content (AvgIpc) is 3.84. The molecule has 0 aliphatic carbocycles. The number of benzene rings is 8. The van der Waals surface area contributed by atoms with Gasteiger partial charge in [0.15, 0.2) is 0 Å². The Hall–Kier alpha value is -6.84. The Kier molecular flexibility index (Phi) is 5.96. The largest absolute Gasteiger partial charge is 0.309 e. The molecule has 0 amide bonds. The molecule has 0 N–H and O–H groups in total. The standard InChI is InChI=1S/C48H31N3/c1-2-12-34(13-3-1)50-45-20-10-6-16-39(45)41-30-31-42-40-17-7-11-21-46(40)51(48(42)47(41)50)36-28-24-33(25-29-36)32-22-26-35(27-23-32)49-43-18-8-4-14-37(43)38-15-5-9-19-44(38)49/h1-31H. The van der Waals surface area contributed by atoms with Crippen LogP contribution in [0.25, 0.3) is 93.6 Å². The van der Waals surface area contributed by atoms with Gasteiger partial charge in [0.25, 0.3) is 0 Å². The number of para-hydroxylation sites is 5. The summed E-state index contributed by atoms with van der Waals surface area (Å²) in [6.07, 6.45) is 0. The maximum absolute atomic E-state index is 2.46. The summed E-state index contributed by atoms with van der Waals surface area (Å²) in [4.78, 5) is 0. The molecule has 0 unspecified atom stereocenters. The van der Waals surface area contributed by atoms with E-state index in [1.165, 1.54) is 76.5 Å². The van der Waals surface area contributed by atoms with Crippen LogP contribution in [-0.2, 0) is 0 Å². The fraction of sp³-hybridized carbons (Fsp3) is 0. The van der Waals surface area contributed by atoms with E-state index in [2.05, 4.69) is 202 Å². The van der Waals surface area contributed by atoms with E-state index in [1.807, 2.05) is 0 Å². The van der Waals surface area contributed by atoms with Crippen molar-refractivity contribution in [2.45, 2.75) is 0 Å². The maximum atomic E-state index is 2.46. The summed E-state index contributed by atoms with van der Waals surface area (Å²) in [6.45, 7) is 0. The van der Waals surface area contributed by atoms with E-state index < -0.39 is 0 Å². The van der Waals surface area contributed by atoms with Gasteiger partial charge in [-0.1, -0.05) is 127 Å². The van der Waals surface area contributed by atoms with Crippen LogP contribution in [0.15, 0.2) is 188 Å². The zero-order chi connectivity index (χ0) is 33.5. The monoisotopic (exact) mass is 649 g/mol. The first kappa shape index (κ1) is 28.0. The minimum Gasteiger partial charge on any atom is -0.309 e. The summed E-state index contributed by atoms with van der Waals surface area (Å²) in [5.74, 6) is 0. The van der Waals surface area contributed by atoms with Gasteiger partial charge in [-0.25, -0.2) is 0 Å². The van der Waals surface area contributed by atoms with Gasteiger partial charge in [-0.15, -0.1) is 0 Å². The molecule has 11 rings (SSSR count). The molecule has 0 saturated heterocycles. The Balaban J connectivity index is 1.08. The normalized spacial score (nSPS) is 11.9. The molecule has 3 nitrogen and oxygen atoms in total. The number of hydrogen-bond acceptors (Lipinski definition) is 0. The second kappa shape index (κ2) is 10.8. The van der Waals surface area contributed by atoms with Crippen LogP contribution in [0.3, 0.4) is 0 Å². The molecule has 0 aliphatic rings. The molecule has 0 fully saturated rings. The first-order valence-corrected chi connectivity index (χ1v) is 17.5. The second-order valence-corrected chi connectivity index (χ2v) is 13.4. The fourth-order valence-corrected chi connectivity index (χ4v) is 8.42. The van der Waals surface area contributed by atoms with Crippen LogP contribution < -0.4 is 0 Å². The van der Waals surface area contributed by atoms with E-state index in [1.54, 1.807) is 0 Å². The van der Waals surface area contributed by atoms with Gasteiger partial charge in [0.2, 0.25) is 0 Å². The van der Waals surface area contributed by atoms with Crippen LogP contribution in [0.2, 0.25) is 0 Å². The Labute approximate surface area is 294 Å². The Morgan fingerprint density at radius 1 is 0.216 bits per heavy atom. The van der Waals surface area contributed by atoms with Crippen LogP contribution >= 0.6 is 0 Å². The molecule has 238 valence electrons. The van der Waals surface area contributed by atoms with Gasteiger partial charge in [0.05, 0.1) is 33.1 Å². The van der Waals surface area contributed by atoms with E-state index in [4.69, 9.17) is 0 Å². The lowest BCUT2D eigenvalue weighted by atomic mass is 10.0. The third-order valence-corrected chi connectivity index (χ3v) is 10.6. The number of rotatable bonds is 4. The molecule has 0 bridgehead atoms. The fourth-order valence-electron chi connectivity index (χ4n) is 8.42. The van der Waals surface area contributed by atoms with Crippen molar-refractivity contribution in [3.8, 4) is 28.2 Å². The lowest BCUT2D eigenvalue weighted by Crippen LogP contribution is -1.98. The number of hydrogen-bond donors (Lipinski definition) is 0. The van der Waals surface area contributed by atoms with Crippen molar-refractivity contribution in [3.63, 3.8) is 0 Å². The van der Waals surface area contributed by atoms with Gasteiger partial charge < -0.3 is 13.7 Å². The summed E-state index contributed by atoms with van der Waals surface area (Å²) in [6, 6.07) is 68.3. The number of fused-ring (bicyclic) bond motifs is 10. The SMILES string of the molecule is c1ccc(-n2c3ccccc3c3ccc4c5ccccc5n(-c5ccc(-c6ccc(-n7c8ccccc8c8ccccc87)cc6)cc5)c4c32)cc1. The molecule has 3 heteroatoms. The Morgan fingerprint density at radius 3 is 0.961 bits per heavy atom. The molecule has 3 heterocycles. The van der Waals surface area contributed by atoms with E-state index >= 15 is 0 Å². The van der Waals surface area contributed by atoms with E-state index in [9.17, 15) is 0 Å². The minimum atomic E-state index is 1.14. The molecular formula is C48H31N3. The highest BCUT2D eigenvalue weighted by Crippen LogP contribution is 2.42. The van der Waals surface area contributed by atoms with Crippen LogP contribution in [0.5, 0.6) is 0 Å². The summed E-state index contributed by atoms with van der Waals surface area (Å²) in [7, 11) is 0. The Bertz CT molecular complexity index is 3050. The van der Waals surface area contributed by atoms with Gasteiger partial charge in [-0.3, -0.25) is 0 Å². The molecule has 0 saturated carbocycles.